The molecule has 2 aliphatic carbocycles. The summed E-state index contributed by atoms with van der Waals surface area (Å²) in [5.41, 5.74) is 3.24. The van der Waals surface area contributed by atoms with Crippen LogP contribution in [0.2, 0.25) is 0 Å². The van der Waals surface area contributed by atoms with Gasteiger partial charge in [0.25, 0.3) is 0 Å². The highest BCUT2D eigenvalue weighted by Crippen LogP contribution is 2.60. The van der Waals surface area contributed by atoms with E-state index in [0.717, 1.165) is 25.2 Å². The van der Waals surface area contributed by atoms with Gasteiger partial charge in [0.2, 0.25) is 0 Å². The first kappa shape index (κ1) is 17.7. The Bertz CT molecular complexity index is 447. The van der Waals surface area contributed by atoms with Crippen molar-refractivity contribution in [1.29, 1.82) is 0 Å². The van der Waals surface area contributed by atoms with Gasteiger partial charge in [-0.25, -0.2) is 0 Å². The van der Waals surface area contributed by atoms with Crippen LogP contribution in [0.1, 0.15) is 66.2 Å². The maximum Gasteiger partial charge on any atom is 0.0644 e. The Hall–Kier alpha value is -0.600. The van der Waals surface area contributed by atoms with Crippen molar-refractivity contribution in [1.82, 2.24) is 0 Å². The first-order valence-electron chi connectivity index (χ1n) is 8.91. The minimum Gasteiger partial charge on any atom is -0.392 e. The fourth-order valence-electron chi connectivity index (χ4n) is 5.33. The van der Waals surface area contributed by atoms with E-state index in [1.165, 1.54) is 30.4 Å². The molecule has 0 saturated heterocycles. The lowest BCUT2D eigenvalue weighted by Gasteiger charge is -2.57. The smallest absolute Gasteiger partial charge is 0.0644 e. The van der Waals surface area contributed by atoms with E-state index in [0.29, 0.717) is 16.7 Å². The molecule has 0 aliphatic heterocycles. The van der Waals surface area contributed by atoms with Crippen molar-refractivity contribution in [3.05, 3.63) is 23.3 Å². The second-order valence-electron chi connectivity index (χ2n) is 8.40. The van der Waals surface area contributed by atoms with Crippen LogP contribution in [0.5, 0.6) is 0 Å². The van der Waals surface area contributed by atoms with E-state index in [-0.39, 0.29) is 13.2 Å². The highest BCUT2D eigenvalue weighted by atomic mass is 16.3. The topological polar surface area (TPSA) is 40.5 Å². The molecule has 1 saturated carbocycles. The van der Waals surface area contributed by atoms with Crippen LogP contribution in [-0.2, 0) is 0 Å². The first-order chi connectivity index (χ1) is 10.3. The third-order valence-corrected chi connectivity index (χ3v) is 6.58. The van der Waals surface area contributed by atoms with Crippen LogP contribution in [0.25, 0.3) is 0 Å². The number of fused-ring (bicyclic) bond motifs is 1. The van der Waals surface area contributed by atoms with E-state index in [4.69, 9.17) is 5.11 Å². The monoisotopic (exact) mass is 306 g/mol. The summed E-state index contributed by atoms with van der Waals surface area (Å²) in [6.07, 6.45) is 11.4. The van der Waals surface area contributed by atoms with E-state index in [1.54, 1.807) is 0 Å². The van der Waals surface area contributed by atoms with Crippen LogP contribution in [-0.4, -0.2) is 23.4 Å². The Morgan fingerprint density at radius 2 is 2.00 bits per heavy atom. The second-order valence-corrected chi connectivity index (χ2v) is 8.40. The Kier molecular flexibility index (Phi) is 5.55. The number of hydrogen-bond donors (Lipinski definition) is 2. The van der Waals surface area contributed by atoms with E-state index < -0.39 is 0 Å². The molecule has 0 aromatic heterocycles. The van der Waals surface area contributed by atoms with Gasteiger partial charge in [-0.15, -0.1) is 0 Å². The van der Waals surface area contributed by atoms with Crippen LogP contribution in [0, 0.1) is 22.7 Å². The van der Waals surface area contributed by atoms with Crippen LogP contribution in [0.15, 0.2) is 23.3 Å². The standard InChI is InChI=1S/C20H34O2/c1-15(10-13-21)6-8-17-16(14-22)7-9-18-19(2,3)11-5-12-20(17,18)4/h7,10,17-18,21-22H,5-6,8-9,11-14H2,1-4H3. The summed E-state index contributed by atoms with van der Waals surface area (Å²) in [5, 5.41) is 18.9. The van der Waals surface area contributed by atoms with Crippen molar-refractivity contribution >= 4 is 0 Å². The number of aliphatic hydroxyl groups excluding tert-OH is 2. The normalized spacial score (nSPS) is 35.0. The molecule has 2 N–H and O–H groups in total. The zero-order valence-corrected chi connectivity index (χ0v) is 14.9. The van der Waals surface area contributed by atoms with Crippen molar-refractivity contribution in [2.75, 3.05) is 13.2 Å². The molecule has 0 aromatic carbocycles. The molecule has 2 heteroatoms. The molecular formula is C20H34O2. The second kappa shape index (κ2) is 6.88. The van der Waals surface area contributed by atoms with Gasteiger partial charge in [0.1, 0.15) is 0 Å². The van der Waals surface area contributed by atoms with Gasteiger partial charge in [-0.3, -0.25) is 0 Å². The van der Waals surface area contributed by atoms with Gasteiger partial charge in [-0.05, 0) is 67.3 Å². The van der Waals surface area contributed by atoms with Crippen molar-refractivity contribution in [3.8, 4) is 0 Å². The summed E-state index contributed by atoms with van der Waals surface area (Å²) in [5.74, 6) is 1.20. The molecule has 0 spiro atoms. The molecule has 0 heterocycles. The average Bonchev–Trinajstić information content (AvgIpc) is 2.44. The van der Waals surface area contributed by atoms with Gasteiger partial charge >= 0.3 is 0 Å². The highest BCUT2D eigenvalue weighted by molar-refractivity contribution is 5.20. The SMILES string of the molecule is CC(=CCO)CCC1C(CO)=CCC2C(C)(C)CCCC12C. The fraction of sp³-hybridized carbons (Fsp3) is 0.800. The van der Waals surface area contributed by atoms with Gasteiger partial charge in [0, 0.05) is 0 Å². The molecule has 0 amide bonds. The van der Waals surface area contributed by atoms with Gasteiger partial charge in [-0.2, -0.15) is 0 Å². The molecule has 3 unspecified atom stereocenters. The Balaban J connectivity index is 2.25. The lowest BCUT2D eigenvalue weighted by molar-refractivity contribution is -0.0419. The average molecular weight is 306 g/mol. The van der Waals surface area contributed by atoms with Gasteiger partial charge in [0.05, 0.1) is 13.2 Å². The quantitative estimate of drug-likeness (QED) is 0.735. The number of allylic oxidation sites excluding steroid dienone is 2. The third-order valence-electron chi connectivity index (χ3n) is 6.58. The van der Waals surface area contributed by atoms with Crippen molar-refractivity contribution in [3.63, 3.8) is 0 Å². The molecule has 0 radical (unpaired) electrons. The maximum absolute atomic E-state index is 9.84. The minimum atomic E-state index is 0.131. The third kappa shape index (κ3) is 3.33. The van der Waals surface area contributed by atoms with Crippen molar-refractivity contribution < 1.29 is 10.2 Å². The Morgan fingerprint density at radius 1 is 1.27 bits per heavy atom. The largest absolute Gasteiger partial charge is 0.392 e. The maximum atomic E-state index is 9.84. The molecule has 22 heavy (non-hydrogen) atoms. The molecule has 2 nitrogen and oxygen atoms in total. The summed E-state index contributed by atoms with van der Waals surface area (Å²) in [7, 11) is 0. The van der Waals surface area contributed by atoms with Crippen LogP contribution in [0.4, 0.5) is 0 Å². The van der Waals surface area contributed by atoms with Gasteiger partial charge < -0.3 is 10.2 Å². The molecule has 2 aliphatic rings. The molecule has 126 valence electrons. The Labute approximate surface area is 136 Å². The number of aliphatic hydroxyl groups is 2. The zero-order valence-electron chi connectivity index (χ0n) is 14.9. The molecule has 0 aromatic rings. The van der Waals surface area contributed by atoms with E-state index in [2.05, 4.69) is 33.8 Å². The molecule has 2 rings (SSSR count). The van der Waals surface area contributed by atoms with Crippen LogP contribution >= 0.6 is 0 Å². The zero-order chi connectivity index (χ0) is 16.4. The highest BCUT2D eigenvalue weighted by Gasteiger charge is 2.51. The molecular weight excluding hydrogens is 272 g/mol. The summed E-state index contributed by atoms with van der Waals surface area (Å²) in [6.45, 7) is 9.77. The van der Waals surface area contributed by atoms with Crippen LogP contribution in [0.3, 0.4) is 0 Å². The van der Waals surface area contributed by atoms with Crippen LogP contribution < -0.4 is 0 Å². The minimum absolute atomic E-state index is 0.131. The molecule has 0 bridgehead atoms. The van der Waals surface area contributed by atoms with E-state index in [1.807, 2.05) is 6.08 Å². The fourth-order valence-corrected chi connectivity index (χ4v) is 5.33. The van der Waals surface area contributed by atoms with E-state index >= 15 is 0 Å². The molecule has 1 fully saturated rings. The summed E-state index contributed by atoms with van der Waals surface area (Å²) in [6, 6.07) is 0. The predicted molar refractivity (Wildman–Crippen MR) is 92.6 cm³/mol. The predicted octanol–water partition coefficient (Wildman–Crippen LogP) is 4.48. The number of hydrogen-bond acceptors (Lipinski definition) is 2. The summed E-state index contributed by atoms with van der Waals surface area (Å²) >= 11 is 0. The summed E-state index contributed by atoms with van der Waals surface area (Å²) in [4.78, 5) is 0. The summed E-state index contributed by atoms with van der Waals surface area (Å²) < 4.78 is 0. The molecule has 3 atom stereocenters. The van der Waals surface area contributed by atoms with Gasteiger partial charge in [-0.1, -0.05) is 44.9 Å². The number of rotatable bonds is 5. The lowest BCUT2D eigenvalue weighted by atomic mass is 9.48. The lowest BCUT2D eigenvalue weighted by Crippen LogP contribution is -2.49. The van der Waals surface area contributed by atoms with Crippen molar-refractivity contribution in [2.45, 2.75) is 66.2 Å². The first-order valence-corrected chi connectivity index (χ1v) is 8.91. The van der Waals surface area contributed by atoms with Gasteiger partial charge in [0.15, 0.2) is 0 Å². The van der Waals surface area contributed by atoms with E-state index in [9.17, 15) is 5.11 Å². The Morgan fingerprint density at radius 3 is 2.64 bits per heavy atom. The van der Waals surface area contributed by atoms with Crippen molar-refractivity contribution in [2.24, 2.45) is 22.7 Å².